The summed E-state index contributed by atoms with van der Waals surface area (Å²) in [5.74, 6) is 0. The second-order valence-corrected chi connectivity index (χ2v) is 0.952. The minimum absolute atomic E-state index is 0.624. The fourth-order valence-corrected chi connectivity index (χ4v) is 0.179. The third-order valence-corrected chi connectivity index (χ3v) is 0.398. The summed E-state index contributed by atoms with van der Waals surface area (Å²) in [6.07, 6.45) is 3.10. The molecule has 38 valence electrons. The molecule has 0 saturated carbocycles. The van der Waals surface area contributed by atoms with Gasteiger partial charge in [0.05, 0.1) is 6.54 Å². The van der Waals surface area contributed by atoms with Crippen molar-refractivity contribution in [2.24, 2.45) is 9.98 Å². The molecule has 0 atom stereocenters. The molecule has 0 fully saturated rings. The van der Waals surface area contributed by atoms with Crippen LogP contribution in [0.1, 0.15) is 0 Å². The standard InChI is InChI=1S/C5H8N2/c1-3-4-7-5-6-2/h3,5H,1-2,4H2. The number of aliphatic imine (C=N–C) groups is 2. The van der Waals surface area contributed by atoms with Gasteiger partial charge < -0.3 is 0 Å². The van der Waals surface area contributed by atoms with Crippen molar-refractivity contribution < 1.29 is 0 Å². The largest absolute Gasteiger partial charge is 0.269 e. The third kappa shape index (κ3) is 5.08. The van der Waals surface area contributed by atoms with E-state index in [9.17, 15) is 0 Å². The van der Waals surface area contributed by atoms with Crippen LogP contribution in [0.2, 0.25) is 0 Å². The molecule has 0 aromatic carbocycles. The van der Waals surface area contributed by atoms with Gasteiger partial charge in [-0.1, -0.05) is 6.08 Å². The Bertz CT molecular complexity index is 84.1. The molecule has 0 saturated heterocycles. The number of nitrogens with zero attached hydrogens (tertiary/aromatic N) is 2. The summed E-state index contributed by atoms with van der Waals surface area (Å²) >= 11 is 0. The molecule has 0 N–H and O–H groups in total. The van der Waals surface area contributed by atoms with E-state index in [2.05, 4.69) is 23.3 Å². The second-order valence-electron chi connectivity index (χ2n) is 0.952. The topological polar surface area (TPSA) is 24.7 Å². The Labute approximate surface area is 43.3 Å². The van der Waals surface area contributed by atoms with Crippen LogP contribution in [0.4, 0.5) is 0 Å². The van der Waals surface area contributed by atoms with Crippen molar-refractivity contribution in [1.82, 2.24) is 0 Å². The van der Waals surface area contributed by atoms with Crippen molar-refractivity contribution in [2.45, 2.75) is 0 Å². The molecule has 2 heteroatoms. The van der Waals surface area contributed by atoms with Crippen molar-refractivity contribution >= 4 is 13.1 Å². The number of hydrogen-bond acceptors (Lipinski definition) is 1. The molecule has 0 aromatic heterocycles. The number of rotatable bonds is 3. The van der Waals surface area contributed by atoms with Gasteiger partial charge in [-0.25, -0.2) is 0 Å². The van der Waals surface area contributed by atoms with Crippen molar-refractivity contribution in [3.8, 4) is 0 Å². The van der Waals surface area contributed by atoms with Crippen LogP contribution in [0, 0.1) is 0 Å². The predicted molar refractivity (Wildman–Crippen MR) is 33.1 cm³/mol. The zero-order valence-electron chi connectivity index (χ0n) is 4.17. The summed E-state index contributed by atoms with van der Waals surface area (Å²) in [5, 5.41) is 0. The Balaban J connectivity index is 3.08. The van der Waals surface area contributed by atoms with Crippen LogP contribution < -0.4 is 0 Å². The van der Waals surface area contributed by atoms with Gasteiger partial charge in [0, 0.05) is 0 Å². The van der Waals surface area contributed by atoms with E-state index in [-0.39, 0.29) is 0 Å². The lowest BCUT2D eigenvalue weighted by atomic mass is 10.7. The minimum atomic E-state index is 0.624. The lowest BCUT2D eigenvalue weighted by molar-refractivity contribution is 1.26. The maximum atomic E-state index is 3.74. The Morgan fingerprint density at radius 2 is 2.29 bits per heavy atom. The zero-order valence-corrected chi connectivity index (χ0v) is 4.17. The van der Waals surface area contributed by atoms with E-state index in [0.29, 0.717) is 6.54 Å². The molecule has 0 aliphatic carbocycles. The maximum absolute atomic E-state index is 3.74. The molecule has 0 aliphatic rings. The van der Waals surface area contributed by atoms with Gasteiger partial charge in [0.2, 0.25) is 0 Å². The highest BCUT2D eigenvalue weighted by Gasteiger charge is 1.59. The molecule has 0 aromatic rings. The molecule has 0 amide bonds. The van der Waals surface area contributed by atoms with Gasteiger partial charge in [-0.3, -0.25) is 9.98 Å². The van der Waals surface area contributed by atoms with Crippen LogP contribution in [0.3, 0.4) is 0 Å². The quantitative estimate of drug-likeness (QED) is 0.283. The zero-order chi connectivity index (χ0) is 5.54. The third-order valence-electron chi connectivity index (χ3n) is 0.398. The fraction of sp³-hybridized carbons (Fsp3) is 0.200. The van der Waals surface area contributed by atoms with Gasteiger partial charge in [0.25, 0.3) is 0 Å². The van der Waals surface area contributed by atoms with Crippen LogP contribution in [0.25, 0.3) is 0 Å². The van der Waals surface area contributed by atoms with E-state index in [0.717, 1.165) is 0 Å². The van der Waals surface area contributed by atoms with E-state index in [4.69, 9.17) is 0 Å². The van der Waals surface area contributed by atoms with E-state index in [1.165, 1.54) is 6.34 Å². The molecule has 0 rings (SSSR count). The van der Waals surface area contributed by atoms with Crippen molar-refractivity contribution in [3.63, 3.8) is 0 Å². The smallest absolute Gasteiger partial charge is 0.109 e. The molecule has 0 bridgehead atoms. The van der Waals surface area contributed by atoms with Crippen LogP contribution >= 0.6 is 0 Å². The maximum Gasteiger partial charge on any atom is 0.109 e. The summed E-state index contributed by atoms with van der Waals surface area (Å²) in [6.45, 7) is 7.28. The molecule has 0 radical (unpaired) electrons. The summed E-state index contributed by atoms with van der Waals surface area (Å²) < 4.78 is 0. The second kappa shape index (κ2) is 5.08. The van der Waals surface area contributed by atoms with E-state index >= 15 is 0 Å². The Hall–Kier alpha value is -0.920. The lowest BCUT2D eigenvalue weighted by Crippen LogP contribution is -1.68. The van der Waals surface area contributed by atoms with Gasteiger partial charge in [-0.15, -0.1) is 6.58 Å². The van der Waals surface area contributed by atoms with Crippen molar-refractivity contribution in [2.75, 3.05) is 6.54 Å². The Morgan fingerprint density at radius 1 is 1.57 bits per heavy atom. The van der Waals surface area contributed by atoms with Gasteiger partial charge in [0.15, 0.2) is 0 Å². The molecule has 0 spiro atoms. The van der Waals surface area contributed by atoms with Gasteiger partial charge >= 0.3 is 0 Å². The minimum Gasteiger partial charge on any atom is -0.269 e. The molecular weight excluding hydrogens is 88.1 g/mol. The number of hydrogen-bond donors (Lipinski definition) is 0. The molecule has 0 heterocycles. The molecule has 0 aliphatic heterocycles. The highest BCUT2D eigenvalue weighted by atomic mass is 14.8. The van der Waals surface area contributed by atoms with Crippen molar-refractivity contribution in [1.29, 1.82) is 0 Å². The highest BCUT2D eigenvalue weighted by Crippen LogP contribution is 1.65. The monoisotopic (exact) mass is 96.1 g/mol. The molecule has 0 unspecified atom stereocenters. The normalized spacial score (nSPS) is 9.14. The van der Waals surface area contributed by atoms with Gasteiger partial charge in [-0.05, 0) is 6.72 Å². The first-order chi connectivity index (χ1) is 3.41. The SMILES string of the molecule is C=CCN=CN=C. The first kappa shape index (κ1) is 6.08. The first-order valence-electron chi connectivity index (χ1n) is 1.97. The molecule has 7 heavy (non-hydrogen) atoms. The average molecular weight is 96.1 g/mol. The van der Waals surface area contributed by atoms with Gasteiger partial charge in [-0.2, -0.15) is 0 Å². The van der Waals surface area contributed by atoms with E-state index < -0.39 is 0 Å². The van der Waals surface area contributed by atoms with E-state index in [1.807, 2.05) is 0 Å². The van der Waals surface area contributed by atoms with Gasteiger partial charge in [0.1, 0.15) is 6.34 Å². The Kier molecular flexibility index (Phi) is 4.41. The van der Waals surface area contributed by atoms with E-state index in [1.54, 1.807) is 6.08 Å². The summed E-state index contributed by atoms with van der Waals surface area (Å²) in [7, 11) is 0. The summed E-state index contributed by atoms with van der Waals surface area (Å²) in [6, 6.07) is 0. The summed E-state index contributed by atoms with van der Waals surface area (Å²) in [5.41, 5.74) is 0. The average Bonchev–Trinajstić information content (AvgIpc) is 1.69. The lowest BCUT2D eigenvalue weighted by Gasteiger charge is -1.73. The molecule has 2 nitrogen and oxygen atoms in total. The van der Waals surface area contributed by atoms with Crippen molar-refractivity contribution in [3.05, 3.63) is 12.7 Å². The Morgan fingerprint density at radius 3 is 2.71 bits per heavy atom. The highest BCUT2D eigenvalue weighted by molar-refractivity contribution is 5.61. The van der Waals surface area contributed by atoms with Crippen LogP contribution in [-0.2, 0) is 0 Å². The van der Waals surface area contributed by atoms with Crippen LogP contribution in [-0.4, -0.2) is 19.6 Å². The fourth-order valence-electron chi connectivity index (χ4n) is 0.179. The predicted octanol–water partition coefficient (Wildman–Crippen LogP) is 0.901. The first-order valence-corrected chi connectivity index (χ1v) is 1.97. The molecular formula is C5H8N2. The summed E-state index contributed by atoms with van der Waals surface area (Å²) in [4.78, 5) is 7.12. The van der Waals surface area contributed by atoms with Crippen LogP contribution in [0.15, 0.2) is 22.6 Å². The van der Waals surface area contributed by atoms with Crippen LogP contribution in [0.5, 0.6) is 0 Å².